The summed E-state index contributed by atoms with van der Waals surface area (Å²) in [7, 11) is 0. The summed E-state index contributed by atoms with van der Waals surface area (Å²) >= 11 is 0. The van der Waals surface area contributed by atoms with E-state index in [2.05, 4.69) is 12.2 Å². The van der Waals surface area contributed by atoms with E-state index in [1.807, 2.05) is 20.8 Å². The van der Waals surface area contributed by atoms with Crippen molar-refractivity contribution in [1.82, 2.24) is 5.32 Å². The maximum Gasteiger partial charge on any atom is 0.324 e. The van der Waals surface area contributed by atoms with Gasteiger partial charge in [-0.15, -0.1) is 0 Å². The SMILES string of the molecule is CCC(C)NC1(C(=O)O)CCOC(C)(CC)C1. The normalized spacial score (nSPS) is 35.5. The summed E-state index contributed by atoms with van der Waals surface area (Å²) in [5.74, 6) is -0.749. The van der Waals surface area contributed by atoms with Gasteiger partial charge < -0.3 is 9.84 Å². The molecule has 4 nitrogen and oxygen atoms in total. The number of nitrogens with one attached hydrogen (secondary N) is 1. The minimum atomic E-state index is -0.821. The average molecular weight is 243 g/mol. The Morgan fingerprint density at radius 2 is 2.18 bits per heavy atom. The fourth-order valence-corrected chi connectivity index (χ4v) is 2.42. The van der Waals surface area contributed by atoms with E-state index >= 15 is 0 Å². The minimum absolute atomic E-state index is 0.213. The van der Waals surface area contributed by atoms with Gasteiger partial charge in [0.05, 0.1) is 5.60 Å². The van der Waals surface area contributed by atoms with Gasteiger partial charge in [0, 0.05) is 19.1 Å². The summed E-state index contributed by atoms with van der Waals surface area (Å²) in [5.41, 5.74) is -1.14. The predicted molar refractivity (Wildman–Crippen MR) is 67.1 cm³/mol. The van der Waals surface area contributed by atoms with E-state index in [0.29, 0.717) is 19.4 Å². The van der Waals surface area contributed by atoms with Crippen molar-refractivity contribution in [1.29, 1.82) is 0 Å². The van der Waals surface area contributed by atoms with Gasteiger partial charge in [-0.2, -0.15) is 0 Å². The Bertz CT molecular complexity index is 282. The van der Waals surface area contributed by atoms with Gasteiger partial charge in [0.2, 0.25) is 0 Å². The van der Waals surface area contributed by atoms with Gasteiger partial charge in [0.1, 0.15) is 5.54 Å². The van der Waals surface area contributed by atoms with Crippen LogP contribution in [0.1, 0.15) is 53.4 Å². The van der Waals surface area contributed by atoms with Crippen molar-refractivity contribution in [2.24, 2.45) is 0 Å². The first kappa shape index (κ1) is 14.5. The average Bonchev–Trinajstić information content (AvgIpc) is 2.28. The molecule has 3 atom stereocenters. The molecule has 1 rings (SSSR count). The maximum atomic E-state index is 11.6. The maximum absolute atomic E-state index is 11.6. The third kappa shape index (κ3) is 3.19. The Labute approximate surface area is 104 Å². The number of ether oxygens (including phenoxy) is 1. The highest BCUT2D eigenvalue weighted by atomic mass is 16.5. The molecule has 0 amide bonds. The molecule has 1 aliphatic heterocycles. The lowest BCUT2D eigenvalue weighted by Gasteiger charge is -2.45. The van der Waals surface area contributed by atoms with Gasteiger partial charge in [0.15, 0.2) is 0 Å². The third-order valence-electron chi connectivity index (χ3n) is 3.95. The summed E-state index contributed by atoms with van der Waals surface area (Å²) in [4.78, 5) is 11.6. The molecule has 1 fully saturated rings. The van der Waals surface area contributed by atoms with Crippen LogP contribution in [0.4, 0.5) is 0 Å². The first-order chi connectivity index (χ1) is 7.87. The van der Waals surface area contributed by atoms with E-state index in [1.165, 1.54) is 0 Å². The molecule has 0 saturated carbocycles. The van der Waals surface area contributed by atoms with Crippen molar-refractivity contribution in [2.75, 3.05) is 6.61 Å². The van der Waals surface area contributed by atoms with E-state index in [-0.39, 0.29) is 11.6 Å². The molecule has 17 heavy (non-hydrogen) atoms. The van der Waals surface area contributed by atoms with Gasteiger partial charge in [-0.1, -0.05) is 13.8 Å². The van der Waals surface area contributed by atoms with E-state index in [4.69, 9.17) is 4.74 Å². The number of rotatable bonds is 5. The van der Waals surface area contributed by atoms with Crippen molar-refractivity contribution in [2.45, 2.75) is 70.6 Å². The topological polar surface area (TPSA) is 58.6 Å². The van der Waals surface area contributed by atoms with Crippen LogP contribution in [0.15, 0.2) is 0 Å². The zero-order chi connectivity index (χ0) is 13.1. The van der Waals surface area contributed by atoms with E-state index in [0.717, 1.165) is 12.8 Å². The smallest absolute Gasteiger partial charge is 0.324 e. The molecule has 0 aromatic carbocycles. The second-order valence-electron chi connectivity index (χ2n) is 5.42. The number of carbonyl (C=O) groups is 1. The van der Waals surface area contributed by atoms with E-state index in [1.54, 1.807) is 0 Å². The van der Waals surface area contributed by atoms with Gasteiger partial charge in [-0.25, -0.2) is 0 Å². The molecule has 0 radical (unpaired) electrons. The van der Waals surface area contributed by atoms with Crippen LogP contribution in [0.25, 0.3) is 0 Å². The number of carboxylic acid groups (broad SMARTS) is 1. The minimum Gasteiger partial charge on any atom is -0.480 e. The van der Waals surface area contributed by atoms with Crippen molar-refractivity contribution in [3.8, 4) is 0 Å². The van der Waals surface area contributed by atoms with Crippen LogP contribution in [-0.2, 0) is 9.53 Å². The highest BCUT2D eigenvalue weighted by Gasteiger charge is 2.48. The van der Waals surface area contributed by atoms with Gasteiger partial charge in [-0.3, -0.25) is 10.1 Å². The standard InChI is InChI=1S/C13H25NO3/c1-5-10(3)14-13(11(15)16)7-8-17-12(4,6-2)9-13/h10,14H,5-9H2,1-4H3,(H,15,16). The van der Waals surface area contributed by atoms with Crippen LogP contribution in [0.5, 0.6) is 0 Å². The Balaban J connectivity index is 2.88. The van der Waals surface area contributed by atoms with Gasteiger partial charge >= 0.3 is 5.97 Å². The first-order valence-corrected chi connectivity index (χ1v) is 6.52. The van der Waals surface area contributed by atoms with Crippen LogP contribution in [-0.4, -0.2) is 34.9 Å². The van der Waals surface area contributed by atoms with Crippen molar-refractivity contribution < 1.29 is 14.6 Å². The molecule has 1 aliphatic rings. The molecule has 100 valence electrons. The van der Waals surface area contributed by atoms with Crippen LogP contribution in [0.3, 0.4) is 0 Å². The van der Waals surface area contributed by atoms with Crippen molar-refractivity contribution >= 4 is 5.97 Å². The number of carboxylic acids is 1. The van der Waals surface area contributed by atoms with Crippen molar-refractivity contribution in [3.05, 3.63) is 0 Å². The third-order valence-corrected chi connectivity index (χ3v) is 3.95. The second-order valence-corrected chi connectivity index (χ2v) is 5.42. The summed E-state index contributed by atoms with van der Waals surface area (Å²) in [6.07, 6.45) is 2.85. The molecule has 1 saturated heterocycles. The van der Waals surface area contributed by atoms with Crippen LogP contribution in [0, 0.1) is 0 Å². The fraction of sp³-hybridized carbons (Fsp3) is 0.923. The highest BCUT2D eigenvalue weighted by molar-refractivity contribution is 5.79. The fourth-order valence-electron chi connectivity index (χ4n) is 2.42. The number of hydrogen-bond acceptors (Lipinski definition) is 3. The van der Waals surface area contributed by atoms with Crippen LogP contribution >= 0.6 is 0 Å². The lowest BCUT2D eigenvalue weighted by Crippen LogP contribution is -2.62. The summed E-state index contributed by atoms with van der Waals surface area (Å²) in [5, 5.41) is 12.8. The summed E-state index contributed by atoms with van der Waals surface area (Å²) in [6.45, 7) is 8.65. The quantitative estimate of drug-likeness (QED) is 0.777. The summed E-state index contributed by atoms with van der Waals surface area (Å²) < 4.78 is 5.73. The predicted octanol–water partition coefficient (Wildman–Crippen LogP) is 2.18. The van der Waals surface area contributed by atoms with Crippen LogP contribution in [0.2, 0.25) is 0 Å². The molecule has 0 aromatic heterocycles. The Morgan fingerprint density at radius 1 is 1.53 bits per heavy atom. The van der Waals surface area contributed by atoms with Crippen molar-refractivity contribution in [3.63, 3.8) is 0 Å². The Morgan fingerprint density at radius 3 is 2.65 bits per heavy atom. The largest absolute Gasteiger partial charge is 0.480 e. The number of aliphatic carboxylic acids is 1. The zero-order valence-electron chi connectivity index (χ0n) is 11.4. The molecular weight excluding hydrogens is 218 g/mol. The zero-order valence-corrected chi connectivity index (χ0v) is 11.4. The molecule has 0 aromatic rings. The van der Waals surface area contributed by atoms with Gasteiger partial charge in [0.25, 0.3) is 0 Å². The molecule has 3 unspecified atom stereocenters. The molecule has 0 aliphatic carbocycles. The highest BCUT2D eigenvalue weighted by Crippen LogP contribution is 2.35. The van der Waals surface area contributed by atoms with E-state index < -0.39 is 11.5 Å². The van der Waals surface area contributed by atoms with E-state index in [9.17, 15) is 9.90 Å². The van der Waals surface area contributed by atoms with Gasteiger partial charge in [-0.05, 0) is 33.1 Å². The lowest BCUT2D eigenvalue weighted by atomic mass is 9.78. The summed E-state index contributed by atoms with van der Waals surface area (Å²) in [6, 6.07) is 0.213. The molecular formula is C13H25NO3. The Kier molecular flexibility index (Phi) is 4.55. The first-order valence-electron chi connectivity index (χ1n) is 6.52. The van der Waals surface area contributed by atoms with Crippen LogP contribution < -0.4 is 5.32 Å². The molecule has 4 heteroatoms. The Hall–Kier alpha value is -0.610. The monoisotopic (exact) mass is 243 g/mol. The molecule has 1 heterocycles. The molecule has 0 spiro atoms. The number of hydrogen-bond donors (Lipinski definition) is 2. The molecule has 0 bridgehead atoms. The lowest BCUT2D eigenvalue weighted by molar-refractivity contribution is -0.161. The second kappa shape index (κ2) is 5.36. The molecule has 2 N–H and O–H groups in total.